The normalized spacial score (nSPS) is 14.8. The molecule has 1 aromatic heterocycles. The third-order valence-electron chi connectivity index (χ3n) is 5.31. The van der Waals surface area contributed by atoms with Crippen molar-refractivity contribution in [3.05, 3.63) is 36.0 Å². The van der Waals surface area contributed by atoms with Gasteiger partial charge in [-0.2, -0.15) is 12.6 Å². The topological polar surface area (TPSA) is 187 Å². The number of fused-ring (bicyclic) bond motifs is 1. The number of aliphatic carboxylic acids is 1. The number of H-pyrrole nitrogens is 1. The highest BCUT2D eigenvalue weighted by Crippen LogP contribution is 2.18. The first kappa shape index (κ1) is 27.2. The minimum Gasteiger partial charge on any atom is -0.480 e. The van der Waals surface area contributed by atoms with Crippen LogP contribution in [0.1, 0.15) is 19.4 Å². The summed E-state index contributed by atoms with van der Waals surface area (Å²) in [4.78, 5) is 52.0. The molecular formula is C22H31N5O6S. The highest BCUT2D eigenvalue weighted by molar-refractivity contribution is 7.80. The molecule has 0 aliphatic carbocycles. The molecule has 0 radical (unpaired) electrons. The largest absolute Gasteiger partial charge is 0.480 e. The lowest BCUT2D eigenvalue weighted by molar-refractivity contribution is -0.143. The van der Waals surface area contributed by atoms with Crippen molar-refractivity contribution in [2.24, 2.45) is 11.7 Å². The van der Waals surface area contributed by atoms with Crippen LogP contribution in [-0.2, 0) is 25.6 Å². The van der Waals surface area contributed by atoms with Gasteiger partial charge in [-0.1, -0.05) is 32.0 Å². The molecule has 2 rings (SSSR count). The number of rotatable bonds is 12. The monoisotopic (exact) mass is 493 g/mol. The molecule has 1 heterocycles. The van der Waals surface area contributed by atoms with Gasteiger partial charge >= 0.3 is 5.97 Å². The van der Waals surface area contributed by atoms with Crippen LogP contribution in [0.4, 0.5) is 0 Å². The van der Waals surface area contributed by atoms with Crippen LogP contribution in [0.3, 0.4) is 0 Å². The van der Waals surface area contributed by atoms with Crippen LogP contribution in [0.2, 0.25) is 0 Å². The molecule has 0 saturated carbocycles. The Balaban J connectivity index is 1.98. The van der Waals surface area contributed by atoms with Crippen LogP contribution in [-0.4, -0.2) is 75.4 Å². The summed E-state index contributed by atoms with van der Waals surface area (Å²) in [5.41, 5.74) is 7.74. The van der Waals surface area contributed by atoms with Crippen LogP contribution < -0.4 is 21.7 Å². The summed E-state index contributed by atoms with van der Waals surface area (Å²) in [5.74, 6) is -3.96. The maximum absolute atomic E-state index is 12.6. The number of aromatic nitrogens is 1. The summed E-state index contributed by atoms with van der Waals surface area (Å²) < 4.78 is 0. The van der Waals surface area contributed by atoms with E-state index in [0.29, 0.717) is 0 Å². The average molecular weight is 494 g/mol. The number of nitrogens with one attached hydrogen (secondary N) is 4. The minimum absolute atomic E-state index is 0.131. The molecule has 8 N–H and O–H groups in total. The van der Waals surface area contributed by atoms with Crippen molar-refractivity contribution in [3.63, 3.8) is 0 Å². The molecule has 1 aromatic carbocycles. The van der Waals surface area contributed by atoms with Crippen LogP contribution in [0.15, 0.2) is 30.5 Å². The highest BCUT2D eigenvalue weighted by Gasteiger charge is 2.30. The maximum atomic E-state index is 12.6. The Morgan fingerprint density at radius 2 is 1.65 bits per heavy atom. The summed E-state index contributed by atoms with van der Waals surface area (Å²) in [7, 11) is 0. The van der Waals surface area contributed by atoms with Gasteiger partial charge in [-0.15, -0.1) is 0 Å². The number of carbonyl (C=O) groups is 4. The van der Waals surface area contributed by atoms with E-state index in [2.05, 4.69) is 33.6 Å². The van der Waals surface area contributed by atoms with Crippen molar-refractivity contribution in [1.82, 2.24) is 20.9 Å². The quantitative estimate of drug-likeness (QED) is 0.177. The number of amides is 3. The molecule has 0 aliphatic heterocycles. The number of hydrogen-bond acceptors (Lipinski definition) is 7. The van der Waals surface area contributed by atoms with Gasteiger partial charge in [0, 0.05) is 22.9 Å². The molecule has 11 nitrogen and oxygen atoms in total. The predicted molar refractivity (Wildman–Crippen MR) is 129 cm³/mol. The number of benzene rings is 1. The van der Waals surface area contributed by atoms with E-state index in [9.17, 15) is 29.4 Å². The van der Waals surface area contributed by atoms with Gasteiger partial charge in [0.2, 0.25) is 17.7 Å². The summed E-state index contributed by atoms with van der Waals surface area (Å²) in [6, 6.07) is 2.85. The van der Waals surface area contributed by atoms with Gasteiger partial charge in [0.15, 0.2) is 0 Å². The van der Waals surface area contributed by atoms with Crippen molar-refractivity contribution in [2.45, 2.75) is 44.4 Å². The molecule has 0 saturated heterocycles. The van der Waals surface area contributed by atoms with E-state index in [1.807, 2.05) is 24.3 Å². The van der Waals surface area contributed by atoms with Gasteiger partial charge in [-0.3, -0.25) is 14.4 Å². The number of para-hydroxylation sites is 1. The molecule has 12 heteroatoms. The molecule has 34 heavy (non-hydrogen) atoms. The SMILES string of the molecule is CC(C)C(NC(=O)C(CS)NC(=O)C(CO)NC(=O)C(N)Cc1c[nH]c2ccccc12)C(=O)O. The fourth-order valence-corrected chi connectivity index (χ4v) is 3.59. The lowest BCUT2D eigenvalue weighted by Gasteiger charge is -2.24. The number of carbonyl (C=O) groups excluding carboxylic acids is 3. The summed E-state index contributed by atoms with van der Waals surface area (Å²) in [5, 5.41) is 26.9. The Kier molecular flexibility index (Phi) is 9.90. The van der Waals surface area contributed by atoms with E-state index in [0.717, 1.165) is 16.5 Å². The van der Waals surface area contributed by atoms with Crippen molar-refractivity contribution < 1.29 is 29.4 Å². The second kappa shape index (κ2) is 12.4. The van der Waals surface area contributed by atoms with E-state index in [4.69, 9.17) is 5.73 Å². The number of thiol groups is 1. The number of aliphatic hydroxyl groups excluding tert-OH is 1. The van der Waals surface area contributed by atoms with E-state index in [1.54, 1.807) is 20.0 Å². The first-order valence-electron chi connectivity index (χ1n) is 10.7. The standard InChI is InChI=1S/C22H31N5O6S/c1-11(2)18(22(32)33)27-21(31)17(10-34)26-20(30)16(9-28)25-19(29)14(23)7-12-8-24-15-6-4-3-5-13(12)15/h3-6,8,11,14,16-18,24,28,34H,7,9-10,23H2,1-2H3,(H,25,29)(H,26,30)(H,27,31)(H,32,33). The molecule has 0 bridgehead atoms. The number of aromatic amines is 1. The lowest BCUT2D eigenvalue weighted by Crippen LogP contribution is -2.59. The van der Waals surface area contributed by atoms with Gasteiger partial charge < -0.3 is 36.9 Å². The number of nitrogens with two attached hydrogens (primary N) is 1. The van der Waals surface area contributed by atoms with Crippen molar-refractivity contribution in [1.29, 1.82) is 0 Å². The highest BCUT2D eigenvalue weighted by atomic mass is 32.1. The third-order valence-corrected chi connectivity index (χ3v) is 5.68. The molecule has 2 aromatic rings. The molecule has 4 atom stereocenters. The Morgan fingerprint density at radius 3 is 2.24 bits per heavy atom. The predicted octanol–water partition coefficient (Wildman–Crippen LogP) is -0.845. The van der Waals surface area contributed by atoms with Crippen LogP contribution in [0.5, 0.6) is 0 Å². The number of carboxylic acid groups (broad SMARTS) is 1. The van der Waals surface area contributed by atoms with Gasteiger partial charge in [0.1, 0.15) is 18.1 Å². The molecule has 0 spiro atoms. The summed E-state index contributed by atoms with van der Waals surface area (Å²) >= 11 is 4.04. The van der Waals surface area contributed by atoms with Crippen molar-refractivity contribution in [3.8, 4) is 0 Å². The zero-order valence-electron chi connectivity index (χ0n) is 18.9. The zero-order chi connectivity index (χ0) is 25.4. The fraction of sp³-hybridized carbons (Fsp3) is 0.455. The fourth-order valence-electron chi connectivity index (χ4n) is 3.34. The third kappa shape index (κ3) is 6.95. The van der Waals surface area contributed by atoms with Crippen molar-refractivity contribution in [2.75, 3.05) is 12.4 Å². The summed E-state index contributed by atoms with van der Waals surface area (Å²) in [6.45, 7) is 2.52. The minimum atomic E-state index is -1.36. The number of aliphatic hydroxyl groups is 1. The van der Waals surface area contributed by atoms with Crippen molar-refractivity contribution >= 4 is 47.2 Å². The van der Waals surface area contributed by atoms with Gasteiger partial charge in [-0.05, 0) is 24.0 Å². The molecule has 0 aliphatic rings. The smallest absolute Gasteiger partial charge is 0.326 e. The van der Waals surface area contributed by atoms with E-state index >= 15 is 0 Å². The Hall–Kier alpha value is -3.09. The number of carboxylic acids is 1. The van der Waals surface area contributed by atoms with Crippen LogP contribution in [0, 0.1) is 5.92 Å². The summed E-state index contributed by atoms with van der Waals surface area (Å²) in [6.07, 6.45) is 1.95. The zero-order valence-corrected chi connectivity index (χ0v) is 19.8. The van der Waals surface area contributed by atoms with E-state index < -0.39 is 54.5 Å². The van der Waals surface area contributed by atoms with Gasteiger partial charge in [0.05, 0.1) is 12.6 Å². The maximum Gasteiger partial charge on any atom is 0.326 e. The molecule has 186 valence electrons. The first-order valence-corrected chi connectivity index (χ1v) is 11.4. The van der Waals surface area contributed by atoms with E-state index in [1.165, 1.54) is 0 Å². The lowest BCUT2D eigenvalue weighted by atomic mass is 10.0. The number of hydrogen-bond donors (Lipinski definition) is 8. The average Bonchev–Trinajstić information content (AvgIpc) is 3.21. The molecule has 0 fully saturated rings. The second-order valence-electron chi connectivity index (χ2n) is 8.23. The molecular weight excluding hydrogens is 462 g/mol. The van der Waals surface area contributed by atoms with Crippen LogP contribution >= 0.6 is 12.6 Å². The first-order chi connectivity index (χ1) is 16.1. The second-order valence-corrected chi connectivity index (χ2v) is 8.59. The van der Waals surface area contributed by atoms with E-state index in [-0.39, 0.29) is 18.1 Å². The van der Waals surface area contributed by atoms with Crippen LogP contribution in [0.25, 0.3) is 10.9 Å². The van der Waals surface area contributed by atoms with Gasteiger partial charge in [0.25, 0.3) is 0 Å². The van der Waals surface area contributed by atoms with Gasteiger partial charge in [-0.25, -0.2) is 4.79 Å². The Morgan fingerprint density at radius 1 is 1.03 bits per heavy atom. The molecule has 4 unspecified atom stereocenters. The molecule has 3 amide bonds. The Labute approximate surface area is 202 Å². The Bertz CT molecular complexity index is 1030.